The monoisotopic (exact) mass is 255 g/mol. The van der Waals surface area contributed by atoms with Crippen LogP contribution in [0.25, 0.3) is 0 Å². The summed E-state index contributed by atoms with van der Waals surface area (Å²) in [7, 11) is 1.87. The number of halogens is 1. The summed E-state index contributed by atoms with van der Waals surface area (Å²) >= 11 is 0. The first-order chi connectivity index (χ1) is 7.70. The van der Waals surface area contributed by atoms with Crippen molar-refractivity contribution in [2.24, 2.45) is 5.92 Å². The molecule has 5 heteroatoms. The molecule has 1 aromatic heterocycles. The van der Waals surface area contributed by atoms with E-state index in [4.69, 9.17) is 0 Å². The second-order valence-electron chi connectivity index (χ2n) is 4.26. The smallest absolute Gasteiger partial charge is 0.228 e. The van der Waals surface area contributed by atoms with Crippen LogP contribution in [0.1, 0.15) is 18.5 Å². The van der Waals surface area contributed by atoms with Gasteiger partial charge in [0.1, 0.15) is 0 Å². The molecule has 0 radical (unpaired) electrons. The maximum Gasteiger partial charge on any atom is 0.228 e. The van der Waals surface area contributed by atoms with Crippen molar-refractivity contribution in [1.29, 1.82) is 0 Å². The molecule has 94 valence electrons. The van der Waals surface area contributed by atoms with Gasteiger partial charge in [-0.3, -0.25) is 9.78 Å². The van der Waals surface area contributed by atoms with Gasteiger partial charge >= 0.3 is 0 Å². The predicted molar refractivity (Wildman–Crippen MR) is 69.0 cm³/mol. The van der Waals surface area contributed by atoms with Gasteiger partial charge in [0, 0.05) is 32.5 Å². The molecule has 0 spiro atoms. The summed E-state index contributed by atoms with van der Waals surface area (Å²) in [6.45, 7) is 3.66. The molecule has 0 aliphatic carbocycles. The summed E-state index contributed by atoms with van der Waals surface area (Å²) in [4.78, 5) is 17.8. The average molecular weight is 256 g/mol. The SMILES string of the molecule is CC(c1ccncc1)N(C)C(=O)C1CNC1.Cl. The number of amides is 1. The molecule has 4 nitrogen and oxygen atoms in total. The Kier molecular flexibility index (Phi) is 4.90. The topological polar surface area (TPSA) is 45.2 Å². The number of carbonyl (C=O) groups excluding carboxylic acids is 1. The highest BCUT2D eigenvalue weighted by molar-refractivity contribution is 5.85. The molecule has 1 aliphatic heterocycles. The van der Waals surface area contributed by atoms with E-state index >= 15 is 0 Å². The average Bonchev–Trinajstić information content (AvgIpc) is 2.26. The first-order valence-corrected chi connectivity index (χ1v) is 5.57. The van der Waals surface area contributed by atoms with Crippen molar-refractivity contribution in [1.82, 2.24) is 15.2 Å². The highest BCUT2D eigenvalue weighted by atomic mass is 35.5. The van der Waals surface area contributed by atoms with Gasteiger partial charge < -0.3 is 10.2 Å². The van der Waals surface area contributed by atoms with Gasteiger partial charge in [0.05, 0.1) is 12.0 Å². The summed E-state index contributed by atoms with van der Waals surface area (Å²) in [5.41, 5.74) is 1.12. The summed E-state index contributed by atoms with van der Waals surface area (Å²) in [5.74, 6) is 0.386. The van der Waals surface area contributed by atoms with E-state index in [1.54, 1.807) is 12.4 Å². The number of nitrogens with zero attached hydrogens (tertiary/aromatic N) is 2. The van der Waals surface area contributed by atoms with Crippen LogP contribution < -0.4 is 5.32 Å². The third kappa shape index (κ3) is 2.96. The first kappa shape index (κ1) is 13.9. The molecule has 0 aromatic carbocycles. The van der Waals surface area contributed by atoms with E-state index in [2.05, 4.69) is 10.3 Å². The van der Waals surface area contributed by atoms with Gasteiger partial charge in [-0.05, 0) is 24.6 Å². The Hall–Kier alpha value is -1.13. The fourth-order valence-electron chi connectivity index (χ4n) is 1.81. The second kappa shape index (κ2) is 5.98. The van der Waals surface area contributed by atoms with Crippen molar-refractivity contribution in [3.8, 4) is 0 Å². The summed E-state index contributed by atoms with van der Waals surface area (Å²) < 4.78 is 0. The van der Waals surface area contributed by atoms with Crippen molar-refractivity contribution in [3.05, 3.63) is 30.1 Å². The number of hydrogen-bond acceptors (Lipinski definition) is 3. The standard InChI is InChI=1S/C12H17N3O.ClH/c1-9(10-3-5-13-6-4-10)15(2)12(16)11-7-14-8-11;/h3-6,9,11,14H,7-8H2,1-2H3;1H. The summed E-state index contributed by atoms with van der Waals surface area (Å²) in [6, 6.07) is 4.01. The zero-order valence-electron chi connectivity index (χ0n) is 10.1. The number of nitrogens with one attached hydrogen (secondary N) is 1. The van der Waals surface area contributed by atoms with Crippen LogP contribution in [-0.2, 0) is 4.79 Å². The number of hydrogen-bond donors (Lipinski definition) is 1. The minimum absolute atomic E-state index is 0. The molecule has 2 rings (SSSR count). The van der Waals surface area contributed by atoms with Crippen LogP contribution in [0.4, 0.5) is 0 Å². The van der Waals surface area contributed by atoms with Crippen molar-refractivity contribution >= 4 is 18.3 Å². The van der Waals surface area contributed by atoms with Gasteiger partial charge in [-0.15, -0.1) is 12.4 Å². The number of rotatable bonds is 3. The third-order valence-electron chi connectivity index (χ3n) is 3.25. The van der Waals surface area contributed by atoms with Crippen LogP contribution >= 0.6 is 12.4 Å². The van der Waals surface area contributed by atoms with Crippen LogP contribution in [0, 0.1) is 5.92 Å². The van der Waals surface area contributed by atoms with E-state index in [1.165, 1.54) is 0 Å². The Morgan fingerprint density at radius 3 is 2.53 bits per heavy atom. The molecule has 0 bridgehead atoms. The number of carbonyl (C=O) groups is 1. The molecule has 1 amide bonds. The maximum absolute atomic E-state index is 12.0. The van der Waals surface area contributed by atoms with Crippen molar-refractivity contribution in [2.45, 2.75) is 13.0 Å². The van der Waals surface area contributed by atoms with Crippen molar-refractivity contribution in [3.63, 3.8) is 0 Å². The lowest BCUT2D eigenvalue weighted by molar-refractivity contribution is -0.137. The molecule has 2 heterocycles. The van der Waals surface area contributed by atoms with Crippen molar-refractivity contribution in [2.75, 3.05) is 20.1 Å². The van der Waals surface area contributed by atoms with Gasteiger partial charge in [0.25, 0.3) is 0 Å². The lowest BCUT2D eigenvalue weighted by Crippen LogP contribution is -2.51. The van der Waals surface area contributed by atoms with Crippen LogP contribution in [0.15, 0.2) is 24.5 Å². The lowest BCUT2D eigenvalue weighted by Gasteiger charge is -2.33. The van der Waals surface area contributed by atoms with Crippen molar-refractivity contribution < 1.29 is 4.79 Å². The molecule has 1 atom stereocenters. The highest BCUT2D eigenvalue weighted by Gasteiger charge is 2.29. The molecule has 1 aliphatic rings. The van der Waals surface area contributed by atoms with E-state index < -0.39 is 0 Å². The Bertz CT molecular complexity index is 367. The Labute approximate surface area is 108 Å². The van der Waals surface area contributed by atoms with Gasteiger partial charge in [0.2, 0.25) is 5.91 Å². The second-order valence-corrected chi connectivity index (χ2v) is 4.26. The van der Waals surface area contributed by atoms with Crippen LogP contribution in [-0.4, -0.2) is 35.9 Å². The minimum Gasteiger partial charge on any atom is -0.339 e. The Morgan fingerprint density at radius 2 is 2.06 bits per heavy atom. The normalized spacial score (nSPS) is 16.6. The molecule has 1 aromatic rings. The summed E-state index contributed by atoms with van der Waals surface area (Å²) in [5, 5.41) is 3.12. The van der Waals surface area contributed by atoms with Gasteiger partial charge in [0.15, 0.2) is 0 Å². The number of pyridine rings is 1. The van der Waals surface area contributed by atoms with Crippen LogP contribution in [0.5, 0.6) is 0 Å². The zero-order chi connectivity index (χ0) is 11.5. The molecule has 1 N–H and O–H groups in total. The molecule has 17 heavy (non-hydrogen) atoms. The van der Waals surface area contributed by atoms with Gasteiger partial charge in [-0.1, -0.05) is 0 Å². The molecule has 0 saturated carbocycles. The van der Waals surface area contributed by atoms with E-state index in [0.717, 1.165) is 18.7 Å². The first-order valence-electron chi connectivity index (χ1n) is 5.57. The van der Waals surface area contributed by atoms with E-state index in [0.29, 0.717) is 0 Å². The quantitative estimate of drug-likeness (QED) is 0.884. The van der Waals surface area contributed by atoms with E-state index in [1.807, 2.05) is 31.0 Å². The molecule has 1 fully saturated rings. The fraction of sp³-hybridized carbons (Fsp3) is 0.500. The maximum atomic E-state index is 12.0. The minimum atomic E-state index is 0. The Balaban J connectivity index is 0.00000144. The number of aromatic nitrogens is 1. The van der Waals surface area contributed by atoms with Gasteiger partial charge in [-0.2, -0.15) is 0 Å². The molecule has 1 unspecified atom stereocenters. The lowest BCUT2D eigenvalue weighted by atomic mass is 10.00. The largest absolute Gasteiger partial charge is 0.339 e. The third-order valence-corrected chi connectivity index (χ3v) is 3.25. The van der Waals surface area contributed by atoms with Gasteiger partial charge in [-0.25, -0.2) is 0 Å². The highest BCUT2D eigenvalue weighted by Crippen LogP contribution is 2.20. The fourth-order valence-corrected chi connectivity index (χ4v) is 1.81. The molecular formula is C12H18ClN3O. The molecule has 1 saturated heterocycles. The summed E-state index contributed by atoms with van der Waals surface area (Å²) in [6.07, 6.45) is 3.52. The van der Waals surface area contributed by atoms with Crippen LogP contribution in [0.3, 0.4) is 0 Å². The van der Waals surface area contributed by atoms with E-state index in [9.17, 15) is 4.79 Å². The van der Waals surface area contributed by atoms with E-state index in [-0.39, 0.29) is 30.3 Å². The predicted octanol–water partition coefficient (Wildman–Crippen LogP) is 1.24. The Morgan fingerprint density at radius 1 is 1.47 bits per heavy atom. The van der Waals surface area contributed by atoms with Crippen LogP contribution in [0.2, 0.25) is 0 Å². The molecular weight excluding hydrogens is 238 g/mol. The zero-order valence-corrected chi connectivity index (χ0v) is 10.9.